The standard InChI is InChI=1S/C31H28N2O4S/c1-38(36,37)25-18-16-22(17-19-25)20-32-30(34)29-26-14-8-9-15-27(26)31(35)33(29)21-28(23-10-4-2-5-11-23)24-12-6-3-7-13-24/h2-19,28-29H,20-21H2,1H3,(H,32,34). The molecule has 1 atom stereocenters. The van der Waals surface area contributed by atoms with E-state index in [0.717, 1.165) is 22.9 Å². The summed E-state index contributed by atoms with van der Waals surface area (Å²) >= 11 is 0. The van der Waals surface area contributed by atoms with Crippen LogP contribution in [0.2, 0.25) is 0 Å². The van der Waals surface area contributed by atoms with Gasteiger partial charge in [-0.15, -0.1) is 0 Å². The van der Waals surface area contributed by atoms with Crippen molar-refractivity contribution in [3.8, 4) is 0 Å². The van der Waals surface area contributed by atoms with Gasteiger partial charge < -0.3 is 10.2 Å². The zero-order valence-electron chi connectivity index (χ0n) is 20.9. The average molecular weight is 525 g/mol. The Kier molecular flexibility index (Phi) is 7.11. The molecule has 38 heavy (non-hydrogen) atoms. The van der Waals surface area contributed by atoms with Crippen molar-refractivity contribution in [2.75, 3.05) is 12.8 Å². The molecule has 1 aliphatic heterocycles. The van der Waals surface area contributed by atoms with Crippen molar-refractivity contribution in [2.24, 2.45) is 0 Å². The molecule has 6 nitrogen and oxygen atoms in total. The minimum absolute atomic E-state index is 0.116. The summed E-state index contributed by atoms with van der Waals surface area (Å²) in [5.74, 6) is -0.569. The molecule has 0 aliphatic carbocycles. The van der Waals surface area contributed by atoms with Gasteiger partial charge in [-0.2, -0.15) is 0 Å². The van der Waals surface area contributed by atoms with Crippen LogP contribution < -0.4 is 5.32 Å². The first-order valence-electron chi connectivity index (χ1n) is 12.4. The van der Waals surface area contributed by atoms with E-state index in [1.54, 1.807) is 23.1 Å². The first kappa shape index (κ1) is 25.4. The molecule has 0 spiro atoms. The van der Waals surface area contributed by atoms with E-state index in [9.17, 15) is 18.0 Å². The number of fused-ring (bicyclic) bond motifs is 1. The van der Waals surface area contributed by atoms with E-state index >= 15 is 0 Å². The molecule has 1 heterocycles. The third-order valence-corrected chi connectivity index (χ3v) is 8.04. The summed E-state index contributed by atoms with van der Waals surface area (Å²) in [6, 6.07) is 32.9. The fourth-order valence-electron chi connectivity index (χ4n) is 4.95. The second kappa shape index (κ2) is 10.6. The first-order valence-corrected chi connectivity index (χ1v) is 14.3. The predicted octanol–water partition coefficient (Wildman–Crippen LogP) is 4.74. The molecule has 1 N–H and O–H groups in total. The van der Waals surface area contributed by atoms with Gasteiger partial charge in [0, 0.05) is 30.8 Å². The van der Waals surface area contributed by atoms with E-state index in [2.05, 4.69) is 5.32 Å². The van der Waals surface area contributed by atoms with Gasteiger partial charge in [-0.25, -0.2) is 8.42 Å². The number of hydrogen-bond donors (Lipinski definition) is 1. The van der Waals surface area contributed by atoms with E-state index in [1.807, 2.05) is 78.9 Å². The Labute approximate surface area is 222 Å². The van der Waals surface area contributed by atoms with Crippen LogP contribution in [0.15, 0.2) is 114 Å². The number of nitrogens with zero attached hydrogens (tertiary/aromatic N) is 1. The summed E-state index contributed by atoms with van der Waals surface area (Å²) in [5.41, 5.74) is 4.11. The molecule has 2 amide bonds. The summed E-state index contributed by atoms with van der Waals surface area (Å²) in [4.78, 5) is 29.1. The molecular formula is C31H28N2O4S. The number of rotatable bonds is 8. The fourth-order valence-corrected chi connectivity index (χ4v) is 5.58. The zero-order valence-corrected chi connectivity index (χ0v) is 21.8. The number of benzene rings is 4. The smallest absolute Gasteiger partial charge is 0.255 e. The quantitative estimate of drug-likeness (QED) is 0.361. The van der Waals surface area contributed by atoms with Crippen LogP contribution in [0.4, 0.5) is 0 Å². The Balaban J connectivity index is 1.43. The molecular weight excluding hydrogens is 496 g/mol. The van der Waals surface area contributed by atoms with Crippen LogP contribution in [0, 0.1) is 0 Å². The van der Waals surface area contributed by atoms with E-state index in [1.165, 1.54) is 12.1 Å². The SMILES string of the molecule is CS(=O)(=O)c1ccc(CNC(=O)C2c3ccccc3C(=O)N2CC(c2ccccc2)c2ccccc2)cc1. The van der Waals surface area contributed by atoms with Crippen molar-refractivity contribution in [1.29, 1.82) is 0 Å². The van der Waals surface area contributed by atoms with E-state index in [0.29, 0.717) is 17.7 Å². The maximum Gasteiger partial charge on any atom is 0.255 e. The number of nitrogens with one attached hydrogen (secondary N) is 1. The lowest BCUT2D eigenvalue weighted by Gasteiger charge is -2.29. The average Bonchev–Trinajstić information content (AvgIpc) is 3.22. The largest absolute Gasteiger partial charge is 0.350 e. The molecule has 4 aromatic rings. The Morgan fingerprint density at radius 1 is 0.816 bits per heavy atom. The molecule has 192 valence electrons. The third kappa shape index (κ3) is 5.24. The Bertz CT molecular complexity index is 1510. The van der Waals surface area contributed by atoms with E-state index < -0.39 is 15.9 Å². The van der Waals surface area contributed by atoms with Crippen molar-refractivity contribution in [1.82, 2.24) is 10.2 Å². The van der Waals surface area contributed by atoms with Crippen molar-refractivity contribution < 1.29 is 18.0 Å². The monoisotopic (exact) mass is 524 g/mol. The number of carbonyl (C=O) groups is 2. The van der Waals surface area contributed by atoms with E-state index in [4.69, 9.17) is 0 Å². The van der Waals surface area contributed by atoms with E-state index in [-0.39, 0.29) is 29.2 Å². The predicted molar refractivity (Wildman–Crippen MR) is 146 cm³/mol. The van der Waals surface area contributed by atoms with Gasteiger partial charge in [0.05, 0.1) is 4.90 Å². The van der Waals surface area contributed by atoms with Crippen LogP contribution in [0.1, 0.15) is 44.6 Å². The van der Waals surface area contributed by atoms with Crippen molar-refractivity contribution in [3.05, 3.63) is 137 Å². The second-order valence-corrected chi connectivity index (χ2v) is 11.5. The molecule has 5 rings (SSSR count). The lowest BCUT2D eigenvalue weighted by atomic mass is 9.90. The highest BCUT2D eigenvalue weighted by molar-refractivity contribution is 7.90. The molecule has 0 fully saturated rings. The maximum atomic E-state index is 13.6. The Morgan fingerprint density at radius 3 is 1.95 bits per heavy atom. The van der Waals surface area contributed by atoms with Crippen LogP contribution in [0.25, 0.3) is 0 Å². The Hall–Kier alpha value is -4.23. The van der Waals surface area contributed by atoms with Crippen LogP contribution in [-0.4, -0.2) is 37.9 Å². The summed E-state index contributed by atoms with van der Waals surface area (Å²) < 4.78 is 23.5. The number of sulfone groups is 1. The van der Waals surface area contributed by atoms with Gasteiger partial charge in [0.1, 0.15) is 6.04 Å². The highest BCUT2D eigenvalue weighted by Crippen LogP contribution is 2.37. The molecule has 0 radical (unpaired) electrons. The van der Waals surface area contributed by atoms with Crippen LogP contribution in [0.5, 0.6) is 0 Å². The first-order chi connectivity index (χ1) is 18.3. The molecule has 0 bridgehead atoms. The molecule has 7 heteroatoms. The summed E-state index contributed by atoms with van der Waals surface area (Å²) in [6.45, 7) is 0.549. The lowest BCUT2D eigenvalue weighted by molar-refractivity contribution is -0.125. The van der Waals surface area contributed by atoms with Gasteiger partial charge in [0.25, 0.3) is 5.91 Å². The molecule has 0 saturated carbocycles. The second-order valence-electron chi connectivity index (χ2n) is 9.46. The van der Waals surface area contributed by atoms with Crippen molar-refractivity contribution >= 4 is 21.7 Å². The van der Waals surface area contributed by atoms with Crippen LogP contribution in [0.3, 0.4) is 0 Å². The maximum absolute atomic E-state index is 13.6. The lowest BCUT2D eigenvalue weighted by Crippen LogP contribution is -2.41. The highest BCUT2D eigenvalue weighted by Gasteiger charge is 2.42. The van der Waals surface area contributed by atoms with Gasteiger partial charge >= 0.3 is 0 Å². The molecule has 0 saturated heterocycles. The van der Waals surface area contributed by atoms with Gasteiger partial charge in [-0.3, -0.25) is 9.59 Å². The fraction of sp³-hybridized carbons (Fsp3) is 0.161. The summed E-state index contributed by atoms with van der Waals surface area (Å²) in [6.07, 6.45) is 1.16. The van der Waals surface area contributed by atoms with Crippen LogP contribution >= 0.6 is 0 Å². The Morgan fingerprint density at radius 2 is 1.37 bits per heavy atom. The number of carbonyl (C=O) groups excluding carboxylic acids is 2. The van der Waals surface area contributed by atoms with Crippen LogP contribution in [-0.2, 0) is 21.2 Å². The summed E-state index contributed by atoms with van der Waals surface area (Å²) in [7, 11) is -3.30. The summed E-state index contributed by atoms with van der Waals surface area (Å²) in [5, 5.41) is 2.96. The third-order valence-electron chi connectivity index (χ3n) is 6.91. The highest BCUT2D eigenvalue weighted by atomic mass is 32.2. The number of hydrogen-bond acceptors (Lipinski definition) is 4. The topological polar surface area (TPSA) is 83.5 Å². The molecule has 1 aliphatic rings. The molecule has 4 aromatic carbocycles. The molecule has 0 aromatic heterocycles. The van der Waals surface area contributed by atoms with Crippen molar-refractivity contribution in [3.63, 3.8) is 0 Å². The van der Waals surface area contributed by atoms with Gasteiger partial charge in [0.2, 0.25) is 5.91 Å². The minimum atomic E-state index is -3.30. The zero-order chi connectivity index (χ0) is 26.7. The van der Waals surface area contributed by atoms with Gasteiger partial charge in [-0.1, -0.05) is 91.0 Å². The molecule has 1 unspecified atom stereocenters. The number of amides is 2. The van der Waals surface area contributed by atoms with Gasteiger partial charge in [0.15, 0.2) is 9.84 Å². The normalized spacial score (nSPS) is 14.9. The van der Waals surface area contributed by atoms with Gasteiger partial charge in [-0.05, 0) is 40.5 Å². The minimum Gasteiger partial charge on any atom is -0.350 e. The van der Waals surface area contributed by atoms with Crippen molar-refractivity contribution in [2.45, 2.75) is 23.4 Å².